The van der Waals surface area contributed by atoms with Crippen molar-refractivity contribution in [1.82, 2.24) is 9.55 Å². The van der Waals surface area contributed by atoms with Gasteiger partial charge in [0.2, 0.25) is 0 Å². The summed E-state index contributed by atoms with van der Waals surface area (Å²) in [7, 11) is 0. The first-order valence-electron chi connectivity index (χ1n) is 5.09. The van der Waals surface area contributed by atoms with Gasteiger partial charge in [-0.3, -0.25) is 14.3 Å². The van der Waals surface area contributed by atoms with Gasteiger partial charge in [-0.2, -0.15) is 0 Å². The Hall–Kier alpha value is -1.76. The van der Waals surface area contributed by atoms with Crippen LogP contribution in [0.1, 0.15) is 13.3 Å². The number of hydrogen-bond donors (Lipinski definition) is 4. The van der Waals surface area contributed by atoms with Crippen LogP contribution in [-0.4, -0.2) is 27.8 Å². The van der Waals surface area contributed by atoms with Crippen molar-refractivity contribution in [3.8, 4) is 0 Å². The summed E-state index contributed by atoms with van der Waals surface area (Å²) in [6.45, 7) is 2.43. The SMILES string of the molecule is CCCn1c(N)c(NCCO)c(=O)[nH]c1=O. The standard InChI is InChI=1S/C9H16N4O3/c1-2-4-13-7(10)6(11-3-5-14)8(15)12-9(13)16/h11,14H,2-5,10H2,1H3,(H,12,15,16). The maximum Gasteiger partial charge on any atom is 0.330 e. The van der Waals surface area contributed by atoms with E-state index in [9.17, 15) is 9.59 Å². The van der Waals surface area contributed by atoms with Crippen LogP contribution in [0.5, 0.6) is 0 Å². The maximum atomic E-state index is 11.4. The van der Waals surface area contributed by atoms with E-state index in [0.717, 1.165) is 6.42 Å². The highest BCUT2D eigenvalue weighted by Crippen LogP contribution is 2.09. The van der Waals surface area contributed by atoms with Crippen LogP contribution >= 0.6 is 0 Å². The fraction of sp³-hybridized carbons (Fsp3) is 0.556. The lowest BCUT2D eigenvalue weighted by molar-refractivity contribution is 0.311. The third-order valence-corrected chi connectivity index (χ3v) is 2.10. The van der Waals surface area contributed by atoms with Gasteiger partial charge in [-0.05, 0) is 6.42 Å². The molecule has 1 aromatic rings. The highest BCUT2D eigenvalue weighted by Gasteiger charge is 2.10. The number of nitrogens with two attached hydrogens (primary N) is 1. The molecule has 0 aliphatic rings. The molecule has 0 bridgehead atoms. The van der Waals surface area contributed by atoms with Gasteiger partial charge in [-0.1, -0.05) is 6.92 Å². The Balaban J connectivity index is 3.22. The number of aromatic nitrogens is 2. The Labute approximate surface area is 91.9 Å². The van der Waals surface area contributed by atoms with Crippen molar-refractivity contribution in [2.24, 2.45) is 0 Å². The number of aliphatic hydroxyl groups is 1. The first-order chi connectivity index (χ1) is 7.61. The van der Waals surface area contributed by atoms with Gasteiger partial charge in [0.25, 0.3) is 5.56 Å². The van der Waals surface area contributed by atoms with Crippen LogP contribution in [0.15, 0.2) is 9.59 Å². The summed E-state index contributed by atoms with van der Waals surface area (Å²) in [5, 5.41) is 11.3. The second kappa shape index (κ2) is 5.36. The van der Waals surface area contributed by atoms with Gasteiger partial charge in [-0.25, -0.2) is 4.79 Å². The Kier molecular flexibility index (Phi) is 4.12. The van der Waals surface area contributed by atoms with Crippen LogP contribution in [-0.2, 0) is 6.54 Å². The quantitative estimate of drug-likeness (QED) is 0.512. The first-order valence-corrected chi connectivity index (χ1v) is 5.09. The average molecular weight is 228 g/mol. The van der Waals surface area contributed by atoms with E-state index in [1.54, 1.807) is 0 Å². The number of nitrogen functional groups attached to an aromatic ring is 1. The van der Waals surface area contributed by atoms with Crippen molar-refractivity contribution < 1.29 is 5.11 Å². The molecular weight excluding hydrogens is 212 g/mol. The summed E-state index contributed by atoms with van der Waals surface area (Å²) < 4.78 is 1.29. The Morgan fingerprint density at radius 3 is 2.75 bits per heavy atom. The number of rotatable bonds is 5. The second-order valence-electron chi connectivity index (χ2n) is 3.32. The smallest absolute Gasteiger partial charge is 0.330 e. The first kappa shape index (κ1) is 12.3. The summed E-state index contributed by atoms with van der Waals surface area (Å²) in [6.07, 6.45) is 0.732. The average Bonchev–Trinajstić information content (AvgIpc) is 2.24. The van der Waals surface area contributed by atoms with E-state index in [1.165, 1.54) is 4.57 Å². The van der Waals surface area contributed by atoms with Crippen LogP contribution in [0.3, 0.4) is 0 Å². The molecular formula is C9H16N4O3. The number of hydrogen-bond acceptors (Lipinski definition) is 5. The van der Waals surface area contributed by atoms with Crippen LogP contribution < -0.4 is 22.3 Å². The minimum absolute atomic E-state index is 0.101. The molecule has 1 heterocycles. The second-order valence-corrected chi connectivity index (χ2v) is 3.32. The Morgan fingerprint density at radius 2 is 2.19 bits per heavy atom. The topological polar surface area (TPSA) is 113 Å². The lowest BCUT2D eigenvalue weighted by Crippen LogP contribution is -2.34. The van der Waals surface area contributed by atoms with Gasteiger partial charge >= 0.3 is 5.69 Å². The van der Waals surface area contributed by atoms with Gasteiger partial charge in [0.15, 0.2) is 0 Å². The molecule has 0 radical (unpaired) electrons. The zero-order chi connectivity index (χ0) is 12.1. The summed E-state index contributed by atoms with van der Waals surface area (Å²) in [5.41, 5.74) is 4.76. The lowest BCUT2D eigenvalue weighted by atomic mass is 10.4. The van der Waals surface area contributed by atoms with E-state index in [0.29, 0.717) is 6.54 Å². The molecule has 90 valence electrons. The zero-order valence-corrected chi connectivity index (χ0v) is 9.12. The predicted molar refractivity (Wildman–Crippen MR) is 61.6 cm³/mol. The van der Waals surface area contributed by atoms with Crippen molar-refractivity contribution in [1.29, 1.82) is 0 Å². The summed E-state index contributed by atoms with van der Waals surface area (Å²) in [4.78, 5) is 25.0. The third-order valence-electron chi connectivity index (χ3n) is 2.10. The van der Waals surface area contributed by atoms with Crippen LogP contribution in [0, 0.1) is 0 Å². The third kappa shape index (κ3) is 2.43. The molecule has 0 aromatic carbocycles. The monoisotopic (exact) mass is 228 g/mol. The van der Waals surface area contributed by atoms with Crippen molar-refractivity contribution in [2.75, 3.05) is 24.2 Å². The molecule has 0 saturated carbocycles. The molecule has 1 aromatic heterocycles. The minimum Gasteiger partial charge on any atom is -0.395 e. The lowest BCUT2D eigenvalue weighted by Gasteiger charge is -2.12. The van der Waals surface area contributed by atoms with E-state index in [-0.39, 0.29) is 24.7 Å². The van der Waals surface area contributed by atoms with E-state index in [1.807, 2.05) is 6.92 Å². The van der Waals surface area contributed by atoms with E-state index in [2.05, 4.69) is 10.3 Å². The minimum atomic E-state index is -0.566. The molecule has 7 nitrogen and oxygen atoms in total. The van der Waals surface area contributed by atoms with Crippen molar-refractivity contribution in [2.45, 2.75) is 19.9 Å². The largest absolute Gasteiger partial charge is 0.395 e. The van der Waals surface area contributed by atoms with E-state index >= 15 is 0 Å². The molecule has 0 atom stereocenters. The number of aromatic amines is 1. The van der Waals surface area contributed by atoms with Gasteiger partial charge in [0, 0.05) is 13.1 Å². The molecule has 0 aliphatic carbocycles. The molecule has 0 amide bonds. The molecule has 0 spiro atoms. The number of nitrogens with one attached hydrogen (secondary N) is 2. The number of aliphatic hydroxyl groups excluding tert-OH is 1. The number of anilines is 2. The molecule has 0 saturated heterocycles. The molecule has 0 aliphatic heterocycles. The number of H-pyrrole nitrogens is 1. The van der Waals surface area contributed by atoms with Crippen molar-refractivity contribution >= 4 is 11.5 Å². The van der Waals surface area contributed by atoms with Crippen molar-refractivity contribution in [3.05, 3.63) is 20.8 Å². The highest BCUT2D eigenvalue weighted by molar-refractivity contribution is 5.60. The van der Waals surface area contributed by atoms with Crippen LogP contribution in [0.4, 0.5) is 11.5 Å². The highest BCUT2D eigenvalue weighted by atomic mass is 16.3. The summed E-state index contributed by atoms with van der Waals surface area (Å²) in [6, 6.07) is 0. The predicted octanol–water partition coefficient (Wildman–Crippen LogP) is -1.07. The molecule has 16 heavy (non-hydrogen) atoms. The van der Waals surface area contributed by atoms with Crippen molar-refractivity contribution in [3.63, 3.8) is 0 Å². The van der Waals surface area contributed by atoms with Gasteiger partial charge in [0.05, 0.1) is 6.61 Å². The van der Waals surface area contributed by atoms with Crippen LogP contribution in [0.25, 0.3) is 0 Å². The number of nitrogens with zero attached hydrogens (tertiary/aromatic N) is 1. The van der Waals surface area contributed by atoms with Gasteiger partial charge in [0.1, 0.15) is 11.5 Å². The molecule has 5 N–H and O–H groups in total. The fourth-order valence-corrected chi connectivity index (χ4v) is 1.39. The zero-order valence-electron chi connectivity index (χ0n) is 9.12. The Bertz CT molecular complexity index is 463. The molecule has 1 rings (SSSR count). The molecule has 0 fully saturated rings. The summed E-state index contributed by atoms with van der Waals surface area (Å²) >= 11 is 0. The molecule has 0 unspecified atom stereocenters. The molecule has 7 heteroatoms. The Morgan fingerprint density at radius 1 is 1.50 bits per heavy atom. The van der Waals surface area contributed by atoms with Gasteiger partial charge in [-0.15, -0.1) is 0 Å². The fourth-order valence-electron chi connectivity index (χ4n) is 1.39. The maximum absolute atomic E-state index is 11.4. The normalized spacial score (nSPS) is 10.4. The summed E-state index contributed by atoms with van der Waals surface area (Å²) in [5.74, 6) is 0.101. The van der Waals surface area contributed by atoms with E-state index in [4.69, 9.17) is 10.8 Å². The van der Waals surface area contributed by atoms with Crippen LogP contribution in [0.2, 0.25) is 0 Å². The van der Waals surface area contributed by atoms with E-state index < -0.39 is 11.2 Å². The van der Waals surface area contributed by atoms with Gasteiger partial charge < -0.3 is 16.2 Å².